The van der Waals surface area contributed by atoms with Crippen LogP contribution < -0.4 is 5.32 Å². The van der Waals surface area contributed by atoms with Crippen LogP contribution in [-0.2, 0) is 4.74 Å². The predicted molar refractivity (Wildman–Crippen MR) is 82.6 cm³/mol. The lowest BCUT2D eigenvalue weighted by Crippen LogP contribution is -2.40. The van der Waals surface area contributed by atoms with Crippen LogP contribution >= 0.6 is 0 Å². The summed E-state index contributed by atoms with van der Waals surface area (Å²) >= 11 is 0. The highest BCUT2D eigenvalue weighted by atomic mass is 16.5. The van der Waals surface area contributed by atoms with Crippen molar-refractivity contribution in [2.24, 2.45) is 11.8 Å². The maximum Gasteiger partial charge on any atom is 0.0589 e. The van der Waals surface area contributed by atoms with Gasteiger partial charge in [-0.25, -0.2) is 0 Å². The molecule has 1 rings (SSSR count). The van der Waals surface area contributed by atoms with Crippen LogP contribution in [0.5, 0.6) is 0 Å². The fourth-order valence-electron chi connectivity index (χ4n) is 2.92. The molecule has 0 aliphatic heterocycles. The molecule has 3 nitrogen and oxygen atoms in total. The molecule has 19 heavy (non-hydrogen) atoms. The Hall–Kier alpha value is -0.120. The lowest BCUT2D eigenvalue weighted by molar-refractivity contribution is 0.139. The second kappa shape index (κ2) is 9.73. The average molecular weight is 270 g/mol. The summed E-state index contributed by atoms with van der Waals surface area (Å²) in [5.41, 5.74) is 0. The van der Waals surface area contributed by atoms with Crippen LogP contribution in [0.2, 0.25) is 0 Å². The van der Waals surface area contributed by atoms with Crippen molar-refractivity contribution in [3.8, 4) is 0 Å². The number of ether oxygens (including phenoxy) is 1. The van der Waals surface area contributed by atoms with Gasteiger partial charge in [-0.2, -0.15) is 0 Å². The van der Waals surface area contributed by atoms with E-state index in [1.807, 2.05) is 0 Å². The van der Waals surface area contributed by atoms with E-state index in [2.05, 4.69) is 31.0 Å². The van der Waals surface area contributed by atoms with Crippen molar-refractivity contribution in [3.63, 3.8) is 0 Å². The van der Waals surface area contributed by atoms with Gasteiger partial charge in [0, 0.05) is 39.3 Å². The Labute approximate surface area is 120 Å². The van der Waals surface area contributed by atoms with Gasteiger partial charge in [0.15, 0.2) is 0 Å². The van der Waals surface area contributed by atoms with E-state index in [1.165, 1.54) is 32.2 Å². The summed E-state index contributed by atoms with van der Waals surface area (Å²) in [7, 11) is 1.79. The van der Waals surface area contributed by atoms with Crippen molar-refractivity contribution in [3.05, 3.63) is 0 Å². The van der Waals surface area contributed by atoms with Crippen LogP contribution in [0.15, 0.2) is 0 Å². The Morgan fingerprint density at radius 1 is 1.16 bits per heavy atom. The first-order valence-corrected chi connectivity index (χ1v) is 8.06. The normalized spacial score (nSPS) is 24.3. The SMILES string of the molecule is COCCN(CCNC1CCC(C)CC1)CC(C)C. The number of hydrogen-bond donors (Lipinski definition) is 1. The molecule has 0 amide bonds. The summed E-state index contributed by atoms with van der Waals surface area (Å²) in [6.07, 6.45) is 5.53. The first kappa shape index (κ1) is 16.9. The topological polar surface area (TPSA) is 24.5 Å². The summed E-state index contributed by atoms with van der Waals surface area (Å²) in [4.78, 5) is 2.52. The molecule has 1 fully saturated rings. The third-order valence-electron chi connectivity index (χ3n) is 4.11. The third-order valence-corrected chi connectivity index (χ3v) is 4.11. The molecule has 0 radical (unpaired) electrons. The Bertz CT molecular complexity index is 213. The summed E-state index contributed by atoms with van der Waals surface area (Å²) in [6.45, 7) is 12.3. The van der Waals surface area contributed by atoms with Gasteiger partial charge in [-0.15, -0.1) is 0 Å². The van der Waals surface area contributed by atoms with E-state index in [-0.39, 0.29) is 0 Å². The van der Waals surface area contributed by atoms with Gasteiger partial charge in [0.05, 0.1) is 6.61 Å². The van der Waals surface area contributed by atoms with E-state index in [4.69, 9.17) is 4.74 Å². The lowest BCUT2D eigenvalue weighted by atomic mass is 9.87. The molecule has 0 aromatic heterocycles. The van der Waals surface area contributed by atoms with Gasteiger partial charge in [0.25, 0.3) is 0 Å². The fourth-order valence-corrected chi connectivity index (χ4v) is 2.92. The molecule has 0 unspecified atom stereocenters. The van der Waals surface area contributed by atoms with Gasteiger partial charge in [-0.05, 0) is 37.5 Å². The molecule has 0 aromatic rings. The van der Waals surface area contributed by atoms with E-state index in [9.17, 15) is 0 Å². The van der Waals surface area contributed by atoms with Crippen molar-refractivity contribution in [2.75, 3.05) is 39.9 Å². The van der Waals surface area contributed by atoms with Gasteiger partial charge in [-0.1, -0.05) is 20.8 Å². The summed E-state index contributed by atoms with van der Waals surface area (Å²) in [5.74, 6) is 1.67. The molecule has 3 heteroatoms. The molecule has 0 saturated heterocycles. The highest BCUT2D eigenvalue weighted by molar-refractivity contribution is 4.75. The second-order valence-electron chi connectivity index (χ2n) is 6.60. The zero-order valence-electron chi connectivity index (χ0n) is 13.5. The number of rotatable bonds is 9. The maximum absolute atomic E-state index is 5.20. The number of methoxy groups -OCH3 is 1. The van der Waals surface area contributed by atoms with Gasteiger partial charge >= 0.3 is 0 Å². The van der Waals surface area contributed by atoms with Crippen molar-refractivity contribution < 1.29 is 4.74 Å². The standard InChI is InChI=1S/C16H34N2O/c1-14(2)13-18(11-12-19-4)10-9-17-16-7-5-15(3)6-8-16/h14-17H,5-13H2,1-4H3. The lowest BCUT2D eigenvalue weighted by Gasteiger charge is -2.29. The summed E-state index contributed by atoms with van der Waals surface area (Å²) in [5, 5.41) is 3.74. The quantitative estimate of drug-likeness (QED) is 0.697. The van der Waals surface area contributed by atoms with E-state index >= 15 is 0 Å². The average Bonchev–Trinajstić information content (AvgIpc) is 2.37. The minimum atomic E-state index is 0.729. The first-order valence-electron chi connectivity index (χ1n) is 8.06. The molecule has 0 atom stereocenters. The van der Waals surface area contributed by atoms with Crippen LogP contribution in [0.3, 0.4) is 0 Å². The molecular formula is C16H34N2O. The van der Waals surface area contributed by atoms with Crippen LogP contribution in [0, 0.1) is 11.8 Å². The molecular weight excluding hydrogens is 236 g/mol. The molecule has 1 saturated carbocycles. The molecule has 0 spiro atoms. The van der Waals surface area contributed by atoms with Gasteiger partial charge in [0.1, 0.15) is 0 Å². The Morgan fingerprint density at radius 2 is 1.84 bits per heavy atom. The van der Waals surface area contributed by atoms with Crippen molar-refractivity contribution in [1.29, 1.82) is 0 Å². The van der Waals surface area contributed by atoms with E-state index in [0.29, 0.717) is 0 Å². The monoisotopic (exact) mass is 270 g/mol. The van der Waals surface area contributed by atoms with E-state index < -0.39 is 0 Å². The van der Waals surface area contributed by atoms with Gasteiger partial charge < -0.3 is 10.1 Å². The van der Waals surface area contributed by atoms with Gasteiger partial charge in [0.2, 0.25) is 0 Å². The molecule has 0 aromatic carbocycles. The zero-order chi connectivity index (χ0) is 14.1. The van der Waals surface area contributed by atoms with Crippen molar-refractivity contribution >= 4 is 0 Å². The number of nitrogens with one attached hydrogen (secondary N) is 1. The molecule has 0 bridgehead atoms. The number of nitrogens with zero attached hydrogens (tertiary/aromatic N) is 1. The molecule has 1 N–H and O–H groups in total. The van der Waals surface area contributed by atoms with Crippen LogP contribution in [-0.4, -0.2) is 50.8 Å². The Kier molecular flexibility index (Phi) is 8.67. The summed E-state index contributed by atoms with van der Waals surface area (Å²) in [6, 6.07) is 0.763. The maximum atomic E-state index is 5.20. The van der Waals surface area contributed by atoms with E-state index in [0.717, 1.165) is 44.1 Å². The van der Waals surface area contributed by atoms with Gasteiger partial charge in [-0.3, -0.25) is 4.90 Å². The Balaban J connectivity index is 2.15. The minimum absolute atomic E-state index is 0.729. The smallest absolute Gasteiger partial charge is 0.0589 e. The molecule has 0 heterocycles. The number of hydrogen-bond acceptors (Lipinski definition) is 3. The van der Waals surface area contributed by atoms with Crippen LogP contribution in [0.4, 0.5) is 0 Å². The first-order chi connectivity index (χ1) is 9.11. The minimum Gasteiger partial charge on any atom is -0.383 e. The zero-order valence-corrected chi connectivity index (χ0v) is 13.5. The second-order valence-corrected chi connectivity index (χ2v) is 6.60. The highest BCUT2D eigenvalue weighted by Crippen LogP contribution is 2.23. The fraction of sp³-hybridized carbons (Fsp3) is 1.00. The van der Waals surface area contributed by atoms with Crippen LogP contribution in [0.25, 0.3) is 0 Å². The van der Waals surface area contributed by atoms with Crippen molar-refractivity contribution in [2.45, 2.75) is 52.5 Å². The summed E-state index contributed by atoms with van der Waals surface area (Å²) < 4.78 is 5.20. The van der Waals surface area contributed by atoms with Crippen LogP contribution in [0.1, 0.15) is 46.5 Å². The highest BCUT2D eigenvalue weighted by Gasteiger charge is 2.17. The molecule has 1 aliphatic carbocycles. The van der Waals surface area contributed by atoms with Crippen molar-refractivity contribution in [1.82, 2.24) is 10.2 Å². The third kappa shape index (κ3) is 7.91. The Morgan fingerprint density at radius 3 is 2.42 bits per heavy atom. The molecule has 114 valence electrons. The molecule has 1 aliphatic rings. The predicted octanol–water partition coefficient (Wildman–Crippen LogP) is 2.76. The largest absolute Gasteiger partial charge is 0.383 e. The van der Waals surface area contributed by atoms with E-state index in [1.54, 1.807) is 7.11 Å².